The molecule has 0 aliphatic heterocycles. The van der Waals surface area contributed by atoms with E-state index < -0.39 is 0 Å². The minimum atomic E-state index is -0.292. The van der Waals surface area contributed by atoms with E-state index >= 15 is 0 Å². The van der Waals surface area contributed by atoms with Crippen molar-refractivity contribution in [2.45, 2.75) is 0 Å². The zero-order chi connectivity index (χ0) is 7.72. The lowest BCUT2D eigenvalue weighted by Crippen LogP contribution is -1.82. The largest absolute Gasteiger partial charge is 0.206 e. The summed E-state index contributed by atoms with van der Waals surface area (Å²) < 4.78 is 14.0. The van der Waals surface area contributed by atoms with Crippen molar-refractivity contribution in [1.82, 2.24) is 0 Å². The van der Waals surface area contributed by atoms with Crippen LogP contribution >= 0.6 is 50.1 Å². The SMILES string of the molecule is Fc1cc(Cl)cc(Br)c1I. The van der Waals surface area contributed by atoms with Crippen molar-refractivity contribution in [2.24, 2.45) is 0 Å². The van der Waals surface area contributed by atoms with E-state index in [4.69, 9.17) is 11.6 Å². The second-order valence-corrected chi connectivity index (χ2v) is 4.05. The zero-order valence-electron chi connectivity index (χ0n) is 4.67. The van der Waals surface area contributed by atoms with Crippen LogP contribution in [0.1, 0.15) is 0 Å². The standard InChI is InChI=1S/C6H2BrClFI/c7-4-1-3(8)2-5(9)6(4)10/h1-2H. The molecule has 1 rings (SSSR count). The molecular weight excluding hydrogens is 333 g/mol. The average Bonchev–Trinajstić information content (AvgIpc) is 1.82. The van der Waals surface area contributed by atoms with E-state index in [0.717, 1.165) is 0 Å². The van der Waals surface area contributed by atoms with Crippen molar-refractivity contribution >= 4 is 50.1 Å². The Balaban J connectivity index is 3.31. The molecule has 54 valence electrons. The fourth-order valence-corrected chi connectivity index (χ4v) is 1.61. The Morgan fingerprint density at radius 2 is 2.10 bits per heavy atom. The first-order valence-electron chi connectivity index (χ1n) is 2.41. The number of hydrogen-bond donors (Lipinski definition) is 0. The minimum Gasteiger partial charge on any atom is -0.206 e. The highest BCUT2D eigenvalue weighted by atomic mass is 127. The van der Waals surface area contributed by atoms with Gasteiger partial charge in [0, 0.05) is 9.50 Å². The predicted molar refractivity (Wildman–Crippen MR) is 51.8 cm³/mol. The van der Waals surface area contributed by atoms with Gasteiger partial charge in [-0.1, -0.05) is 11.6 Å². The van der Waals surface area contributed by atoms with Gasteiger partial charge in [0.2, 0.25) is 0 Å². The van der Waals surface area contributed by atoms with Crippen LogP contribution in [0.2, 0.25) is 5.02 Å². The zero-order valence-corrected chi connectivity index (χ0v) is 9.17. The van der Waals surface area contributed by atoms with Crippen LogP contribution in [-0.2, 0) is 0 Å². The minimum absolute atomic E-state index is 0.292. The van der Waals surface area contributed by atoms with Gasteiger partial charge in [0.1, 0.15) is 5.82 Å². The van der Waals surface area contributed by atoms with Crippen LogP contribution in [0.15, 0.2) is 16.6 Å². The monoisotopic (exact) mass is 334 g/mol. The molecule has 0 aliphatic carbocycles. The predicted octanol–water partition coefficient (Wildman–Crippen LogP) is 3.85. The molecule has 1 aromatic rings. The summed E-state index contributed by atoms with van der Waals surface area (Å²) in [7, 11) is 0. The van der Waals surface area contributed by atoms with Crippen LogP contribution in [0, 0.1) is 9.39 Å². The Bertz CT molecular complexity index is 241. The van der Waals surface area contributed by atoms with Gasteiger partial charge in [0.05, 0.1) is 3.57 Å². The Labute approximate surface area is 85.0 Å². The highest BCUT2D eigenvalue weighted by molar-refractivity contribution is 14.1. The summed E-state index contributed by atoms with van der Waals surface area (Å²) in [4.78, 5) is 0. The molecule has 0 saturated heterocycles. The van der Waals surface area contributed by atoms with Gasteiger partial charge in [-0.05, 0) is 50.7 Å². The molecule has 0 unspecified atom stereocenters. The topological polar surface area (TPSA) is 0 Å². The van der Waals surface area contributed by atoms with Crippen LogP contribution in [0.25, 0.3) is 0 Å². The quantitative estimate of drug-likeness (QED) is 0.384. The van der Waals surface area contributed by atoms with Gasteiger partial charge in [-0.15, -0.1) is 0 Å². The Morgan fingerprint density at radius 1 is 1.50 bits per heavy atom. The van der Waals surface area contributed by atoms with E-state index in [2.05, 4.69) is 15.9 Å². The summed E-state index contributed by atoms with van der Waals surface area (Å²) in [6, 6.07) is 2.94. The Morgan fingerprint density at radius 3 is 2.60 bits per heavy atom. The molecule has 0 saturated carbocycles. The second-order valence-electron chi connectivity index (χ2n) is 1.68. The molecule has 0 aliphatic rings. The smallest absolute Gasteiger partial charge is 0.139 e. The molecule has 4 heteroatoms. The van der Waals surface area contributed by atoms with Crippen LogP contribution < -0.4 is 0 Å². The fraction of sp³-hybridized carbons (Fsp3) is 0. The van der Waals surface area contributed by atoms with Crippen molar-refractivity contribution in [2.75, 3.05) is 0 Å². The lowest BCUT2D eigenvalue weighted by Gasteiger charge is -1.97. The maximum atomic E-state index is 12.7. The number of hydrogen-bond acceptors (Lipinski definition) is 0. The molecule has 0 nitrogen and oxygen atoms in total. The van der Waals surface area contributed by atoms with E-state index in [1.807, 2.05) is 22.6 Å². The lowest BCUT2D eigenvalue weighted by molar-refractivity contribution is 0.619. The van der Waals surface area contributed by atoms with Crippen LogP contribution in [0.3, 0.4) is 0 Å². The third kappa shape index (κ3) is 1.83. The van der Waals surface area contributed by atoms with E-state index in [0.29, 0.717) is 13.1 Å². The fourth-order valence-electron chi connectivity index (χ4n) is 0.525. The molecular formula is C6H2BrClFI. The molecule has 0 bridgehead atoms. The molecule has 0 fully saturated rings. The van der Waals surface area contributed by atoms with Crippen molar-refractivity contribution in [1.29, 1.82) is 0 Å². The van der Waals surface area contributed by atoms with Crippen molar-refractivity contribution < 1.29 is 4.39 Å². The molecule has 0 radical (unpaired) electrons. The van der Waals surface area contributed by atoms with E-state index in [9.17, 15) is 4.39 Å². The van der Waals surface area contributed by atoms with Crippen molar-refractivity contribution in [3.8, 4) is 0 Å². The van der Waals surface area contributed by atoms with E-state index in [-0.39, 0.29) is 5.82 Å². The normalized spacial score (nSPS) is 10.0. The molecule has 0 amide bonds. The summed E-state index contributed by atoms with van der Waals surface area (Å²) in [5, 5.41) is 0.407. The lowest BCUT2D eigenvalue weighted by atomic mass is 10.3. The second kappa shape index (κ2) is 3.36. The highest BCUT2D eigenvalue weighted by Gasteiger charge is 2.03. The number of rotatable bonds is 0. The summed E-state index contributed by atoms with van der Waals surface area (Å²) >= 11 is 10.6. The summed E-state index contributed by atoms with van der Waals surface area (Å²) in [6.45, 7) is 0. The number of benzene rings is 1. The molecule has 10 heavy (non-hydrogen) atoms. The van der Waals surface area contributed by atoms with Crippen LogP contribution in [0.4, 0.5) is 4.39 Å². The van der Waals surface area contributed by atoms with E-state index in [1.165, 1.54) is 6.07 Å². The summed E-state index contributed by atoms with van der Waals surface area (Å²) in [5.74, 6) is -0.292. The Kier molecular flexibility index (Phi) is 2.94. The van der Waals surface area contributed by atoms with Crippen molar-refractivity contribution in [3.05, 3.63) is 31.0 Å². The first-order chi connectivity index (χ1) is 4.61. The van der Waals surface area contributed by atoms with Gasteiger partial charge in [-0.2, -0.15) is 0 Å². The van der Waals surface area contributed by atoms with E-state index in [1.54, 1.807) is 6.07 Å². The highest BCUT2D eigenvalue weighted by Crippen LogP contribution is 2.25. The third-order valence-corrected chi connectivity index (χ3v) is 3.63. The Hall–Kier alpha value is 0.650. The van der Waals surface area contributed by atoms with Crippen LogP contribution in [-0.4, -0.2) is 0 Å². The summed E-state index contributed by atoms with van der Waals surface area (Å²) in [6.07, 6.45) is 0. The molecule has 0 spiro atoms. The molecule has 0 heterocycles. The molecule has 0 atom stereocenters. The van der Waals surface area contributed by atoms with Gasteiger partial charge < -0.3 is 0 Å². The molecule has 0 aromatic heterocycles. The average molecular weight is 335 g/mol. The van der Waals surface area contributed by atoms with Gasteiger partial charge >= 0.3 is 0 Å². The van der Waals surface area contributed by atoms with Gasteiger partial charge in [0.25, 0.3) is 0 Å². The van der Waals surface area contributed by atoms with Gasteiger partial charge in [-0.25, -0.2) is 4.39 Å². The summed E-state index contributed by atoms with van der Waals surface area (Å²) in [5.41, 5.74) is 0. The first-order valence-corrected chi connectivity index (χ1v) is 4.66. The number of halogens is 4. The maximum absolute atomic E-state index is 12.7. The van der Waals surface area contributed by atoms with Crippen molar-refractivity contribution in [3.63, 3.8) is 0 Å². The van der Waals surface area contributed by atoms with Gasteiger partial charge in [0.15, 0.2) is 0 Å². The first kappa shape index (κ1) is 8.74. The molecule has 0 N–H and O–H groups in total. The van der Waals surface area contributed by atoms with Gasteiger partial charge in [-0.3, -0.25) is 0 Å². The van der Waals surface area contributed by atoms with Crippen LogP contribution in [0.5, 0.6) is 0 Å². The third-order valence-electron chi connectivity index (χ3n) is 0.949. The maximum Gasteiger partial charge on any atom is 0.139 e. The molecule has 1 aromatic carbocycles.